The number of carbonyl (C=O) groups is 2. The van der Waals surface area contributed by atoms with E-state index >= 15 is 0 Å². The molecule has 0 spiro atoms. The van der Waals surface area contributed by atoms with Crippen molar-refractivity contribution in [3.8, 4) is 11.5 Å². The first-order chi connectivity index (χ1) is 13.5. The molecule has 2 N–H and O–H groups in total. The molecule has 0 radical (unpaired) electrons. The van der Waals surface area contributed by atoms with Crippen LogP contribution in [0.25, 0.3) is 0 Å². The Morgan fingerprint density at radius 2 is 1.86 bits per heavy atom. The number of hydrogen-bond donors (Lipinski definition) is 2. The lowest BCUT2D eigenvalue weighted by molar-refractivity contribution is -0.131. The van der Waals surface area contributed by atoms with Crippen LogP contribution in [0.4, 0.5) is 5.69 Å². The molecular weight excluding hydrogens is 358 g/mol. The first kappa shape index (κ1) is 20.7. The molecule has 0 aromatic heterocycles. The van der Waals surface area contributed by atoms with E-state index in [9.17, 15) is 9.59 Å². The van der Waals surface area contributed by atoms with Crippen LogP contribution in [-0.4, -0.2) is 31.7 Å². The minimum atomic E-state index is -0.925. The summed E-state index contributed by atoms with van der Waals surface area (Å²) in [4.78, 5) is 24.4. The number of para-hydroxylation sites is 1. The van der Waals surface area contributed by atoms with Crippen molar-refractivity contribution in [1.82, 2.24) is 5.43 Å². The van der Waals surface area contributed by atoms with E-state index in [1.165, 1.54) is 13.1 Å². The van der Waals surface area contributed by atoms with Crippen LogP contribution in [0.1, 0.15) is 12.5 Å². The molecule has 0 fully saturated rings. The second-order valence-electron chi connectivity index (χ2n) is 5.81. The number of anilines is 1. The van der Waals surface area contributed by atoms with Crippen LogP contribution in [0, 0.1) is 5.92 Å². The van der Waals surface area contributed by atoms with Gasteiger partial charge in [-0.1, -0.05) is 24.8 Å². The van der Waals surface area contributed by atoms with E-state index in [0.717, 1.165) is 0 Å². The molecule has 0 heterocycles. The van der Waals surface area contributed by atoms with Gasteiger partial charge in [0.2, 0.25) is 5.91 Å². The zero-order valence-corrected chi connectivity index (χ0v) is 15.8. The summed E-state index contributed by atoms with van der Waals surface area (Å²) in [6.07, 6.45) is 3.10. The molecular formula is C21H23N3O4. The van der Waals surface area contributed by atoms with Gasteiger partial charge in [-0.15, -0.1) is 0 Å². The van der Waals surface area contributed by atoms with Crippen molar-refractivity contribution in [2.45, 2.75) is 6.92 Å². The van der Waals surface area contributed by atoms with Gasteiger partial charge in [0.25, 0.3) is 5.91 Å². The summed E-state index contributed by atoms with van der Waals surface area (Å²) in [5.41, 5.74) is 3.64. The second kappa shape index (κ2) is 10.5. The molecule has 0 saturated heterocycles. The second-order valence-corrected chi connectivity index (χ2v) is 5.81. The largest absolute Gasteiger partial charge is 0.497 e. The first-order valence-electron chi connectivity index (χ1n) is 8.65. The minimum Gasteiger partial charge on any atom is -0.497 e. The van der Waals surface area contributed by atoms with Gasteiger partial charge in [-0.3, -0.25) is 9.59 Å². The Labute approximate surface area is 164 Å². The fraction of sp³-hybridized carbons (Fsp3) is 0.190. The normalized spacial score (nSPS) is 11.5. The molecule has 2 aromatic rings. The third kappa shape index (κ3) is 5.98. The van der Waals surface area contributed by atoms with Crippen molar-refractivity contribution in [3.63, 3.8) is 0 Å². The highest BCUT2D eigenvalue weighted by atomic mass is 16.5. The summed E-state index contributed by atoms with van der Waals surface area (Å²) < 4.78 is 10.6. The van der Waals surface area contributed by atoms with E-state index in [-0.39, 0.29) is 0 Å². The lowest BCUT2D eigenvalue weighted by Crippen LogP contribution is -2.34. The van der Waals surface area contributed by atoms with Gasteiger partial charge >= 0.3 is 0 Å². The van der Waals surface area contributed by atoms with Crippen LogP contribution in [0.15, 0.2) is 66.3 Å². The highest BCUT2D eigenvalue weighted by Gasteiger charge is 2.21. The average molecular weight is 381 g/mol. The van der Waals surface area contributed by atoms with Crippen LogP contribution in [0.2, 0.25) is 0 Å². The number of ether oxygens (including phenoxy) is 2. The molecule has 7 nitrogen and oxygen atoms in total. The molecule has 1 unspecified atom stereocenters. The maximum Gasteiger partial charge on any atom is 0.252 e. The molecule has 28 heavy (non-hydrogen) atoms. The topological polar surface area (TPSA) is 89.0 Å². The van der Waals surface area contributed by atoms with Gasteiger partial charge in [0, 0.05) is 11.3 Å². The van der Waals surface area contributed by atoms with Gasteiger partial charge in [-0.05, 0) is 43.3 Å². The van der Waals surface area contributed by atoms with Gasteiger partial charge in [-0.2, -0.15) is 5.10 Å². The lowest BCUT2D eigenvalue weighted by Gasteiger charge is -2.11. The van der Waals surface area contributed by atoms with Crippen LogP contribution >= 0.6 is 0 Å². The maximum atomic E-state index is 12.2. The Balaban J connectivity index is 1.91. The Morgan fingerprint density at radius 3 is 2.54 bits per heavy atom. The SMILES string of the molecule is C=CCOc1ccccc1C=NNC(=O)C(C)C(=O)Nc1ccc(OC)cc1. The fourth-order valence-corrected chi connectivity index (χ4v) is 2.17. The molecule has 0 saturated carbocycles. The van der Waals surface area contributed by atoms with Crippen LogP contribution in [0.5, 0.6) is 11.5 Å². The summed E-state index contributed by atoms with van der Waals surface area (Å²) in [5.74, 6) is -0.591. The maximum absolute atomic E-state index is 12.2. The summed E-state index contributed by atoms with van der Waals surface area (Å²) in [7, 11) is 1.56. The van der Waals surface area contributed by atoms with Crippen molar-refractivity contribution in [2.75, 3.05) is 19.0 Å². The number of hydrazone groups is 1. The molecule has 1 atom stereocenters. The predicted molar refractivity (Wildman–Crippen MR) is 109 cm³/mol. The molecule has 2 amide bonds. The van der Waals surface area contributed by atoms with Crippen LogP contribution < -0.4 is 20.2 Å². The predicted octanol–water partition coefficient (Wildman–Crippen LogP) is 2.98. The van der Waals surface area contributed by atoms with Crippen LogP contribution in [0.3, 0.4) is 0 Å². The summed E-state index contributed by atoms with van der Waals surface area (Å²) in [6, 6.07) is 14.1. The molecule has 7 heteroatoms. The van der Waals surface area contributed by atoms with E-state index in [0.29, 0.717) is 29.4 Å². The average Bonchev–Trinajstić information content (AvgIpc) is 2.72. The smallest absolute Gasteiger partial charge is 0.252 e. The molecule has 2 rings (SSSR count). The van der Waals surface area contributed by atoms with E-state index in [1.54, 1.807) is 49.6 Å². The highest BCUT2D eigenvalue weighted by Crippen LogP contribution is 2.16. The Bertz CT molecular complexity index is 847. The van der Waals surface area contributed by atoms with Gasteiger partial charge in [0.1, 0.15) is 24.0 Å². The van der Waals surface area contributed by atoms with E-state index < -0.39 is 17.7 Å². The van der Waals surface area contributed by atoms with Gasteiger partial charge in [0.15, 0.2) is 0 Å². The molecule has 146 valence electrons. The Kier molecular flexibility index (Phi) is 7.77. The fourth-order valence-electron chi connectivity index (χ4n) is 2.17. The number of benzene rings is 2. The van der Waals surface area contributed by atoms with E-state index in [4.69, 9.17) is 9.47 Å². The minimum absolute atomic E-state index is 0.361. The van der Waals surface area contributed by atoms with E-state index in [1.807, 2.05) is 12.1 Å². The van der Waals surface area contributed by atoms with Crippen molar-refractivity contribution in [1.29, 1.82) is 0 Å². The number of carbonyl (C=O) groups excluding carboxylic acids is 2. The Morgan fingerprint density at radius 1 is 1.14 bits per heavy atom. The van der Waals surface area contributed by atoms with Crippen molar-refractivity contribution in [2.24, 2.45) is 11.0 Å². The Hall–Kier alpha value is -3.61. The molecule has 2 aromatic carbocycles. The molecule has 0 bridgehead atoms. The number of methoxy groups -OCH3 is 1. The third-order valence-electron chi connectivity index (χ3n) is 3.80. The number of amides is 2. The zero-order valence-electron chi connectivity index (χ0n) is 15.8. The van der Waals surface area contributed by atoms with E-state index in [2.05, 4.69) is 22.4 Å². The summed E-state index contributed by atoms with van der Waals surface area (Å²) in [6.45, 7) is 5.47. The van der Waals surface area contributed by atoms with Crippen molar-refractivity contribution in [3.05, 3.63) is 66.7 Å². The van der Waals surface area contributed by atoms with Gasteiger partial charge in [-0.25, -0.2) is 5.43 Å². The third-order valence-corrected chi connectivity index (χ3v) is 3.80. The number of nitrogens with one attached hydrogen (secondary N) is 2. The lowest BCUT2D eigenvalue weighted by atomic mass is 10.1. The monoisotopic (exact) mass is 381 g/mol. The standard InChI is InChI=1S/C21H23N3O4/c1-4-13-28-19-8-6-5-7-16(19)14-22-24-21(26)15(2)20(25)23-17-9-11-18(27-3)12-10-17/h4-12,14-15H,1,13H2,2-3H3,(H,23,25)(H,24,26). The zero-order chi connectivity index (χ0) is 20.4. The molecule has 0 aliphatic heterocycles. The van der Waals surface area contributed by atoms with Crippen molar-refractivity contribution < 1.29 is 19.1 Å². The number of hydrogen-bond acceptors (Lipinski definition) is 5. The number of rotatable bonds is 9. The summed E-state index contributed by atoms with van der Waals surface area (Å²) >= 11 is 0. The quantitative estimate of drug-likeness (QED) is 0.302. The first-order valence-corrected chi connectivity index (χ1v) is 8.65. The van der Waals surface area contributed by atoms with Crippen molar-refractivity contribution >= 4 is 23.7 Å². The van der Waals surface area contributed by atoms with Gasteiger partial charge in [0.05, 0.1) is 13.3 Å². The molecule has 0 aliphatic carbocycles. The summed E-state index contributed by atoms with van der Waals surface area (Å²) in [5, 5.41) is 6.59. The number of nitrogens with zero attached hydrogens (tertiary/aromatic N) is 1. The van der Waals surface area contributed by atoms with Gasteiger partial charge < -0.3 is 14.8 Å². The highest BCUT2D eigenvalue weighted by molar-refractivity contribution is 6.06. The molecule has 0 aliphatic rings. The van der Waals surface area contributed by atoms with Crippen LogP contribution in [-0.2, 0) is 9.59 Å².